The summed E-state index contributed by atoms with van der Waals surface area (Å²) in [6.45, 7) is 2.01. The Kier molecular flexibility index (Phi) is 4.74. The minimum absolute atomic E-state index is 0.176. The molecule has 1 aromatic heterocycles. The minimum Gasteiger partial charge on any atom is -0.321 e. The largest absolute Gasteiger partial charge is 0.321 e. The first kappa shape index (κ1) is 17.4. The lowest BCUT2D eigenvalue weighted by atomic mass is 10.0. The normalized spacial score (nSPS) is 11.3. The number of aryl methyl sites for hydroxylation is 1. The van der Waals surface area contributed by atoms with E-state index in [2.05, 4.69) is 5.32 Å². The van der Waals surface area contributed by atoms with Gasteiger partial charge >= 0.3 is 0 Å². The van der Waals surface area contributed by atoms with E-state index in [9.17, 15) is 13.2 Å². The summed E-state index contributed by atoms with van der Waals surface area (Å²) in [5.74, 6) is -0.253. The fourth-order valence-electron chi connectivity index (χ4n) is 2.44. The summed E-state index contributed by atoms with van der Waals surface area (Å²) in [4.78, 5) is 13.4. The van der Waals surface area contributed by atoms with Crippen LogP contribution in [0.25, 0.3) is 11.1 Å². The van der Waals surface area contributed by atoms with Crippen molar-refractivity contribution >= 4 is 32.8 Å². The van der Waals surface area contributed by atoms with Gasteiger partial charge in [-0.1, -0.05) is 35.9 Å². The topological polar surface area (TPSA) is 63.2 Å². The van der Waals surface area contributed by atoms with E-state index in [1.54, 1.807) is 12.1 Å². The molecule has 1 N–H and O–H groups in total. The second-order valence-corrected chi connectivity index (χ2v) is 8.72. The van der Waals surface area contributed by atoms with Gasteiger partial charge < -0.3 is 5.32 Å². The van der Waals surface area contributed by atoms with Crippen molar-refractivity contribution in [3.63, 3.8) is 0 Å². The number of carbonyl (C=O) groups excluding carboxylic acids is 1. The fraction of sp³-hybridized carbons (Fsp3) is 0.105. The zero-order chi connectivity index (χ0) is 18.0. The van der Waals surface area contributed by atoms with E-state index in [-0.39, 0.29) is 10.8 Å². The highest BCUT2D eigenvalue weighted by molar-refractivity contribution is 7.90. The SMILES string of the molecule is Cc1ccc(-c2ccsc2C(=O)Nc2cccc(S(C)(=O)=O)c2)cc1. The molecule has 0 unspecified atom stereocenters. The van der Waals surface area contributed by atoms with Crippen LogP contribution in [-0.2, 0) is 9.84 Å². The lowest BCUT2D eigenvalue weighted by Crippen LogP contribution is -2.11. The molecule has 0 aliphatic heterocycles. The molecular formula is C19H17NO3S2. The van der Waals surface area contributed by atoms with Crippen molar-refractivity contribution in [2.45, 2.75) is 11.8 Å². The molecule has 0 saturated heterocycles. The number of rotatable bonds is 4. The van der Waals surface area contributed by atoms with Crippen LogP contribution in [0.5, 0.6) is 0 Å². The van der Waals surface area contributed by atoms with Crippen molar-refractivity contribution in [3.8, 4) is 11.1 Å². The van der Waals surface area contributed by atoms with Gasteiger partial charge in [-0.25, -0.2) is 8.42 Å². The van der Waals surface area contributed by atoms with Crippen LogP contribution in [0.15, 0.2) is 64.9 Å². The smallest absolute Gasteiger partial charge is 0.266 e. The predicted molar refractivity (Wildman–Crippen MR) is 102 cm³/mol. The van der Waals surface area contributed by atoms with Gasteiger partial charge in [0.15, 0.2) is 9.84 Å². The van der Waals surface area contributed by atoms with Crippen LogP contribution in [0.4, 0.5) is 5.69 Å². The summed E-state index contributed by atoms with van der Waals surface area (Å²) in [6.07, 6.45) is 1.14. The zero-order valence-electron chi connectivity index (χ0n) is 13.8. The molecule has 0 bridgehead atoms. The van der Waals surface area contributed by atoms with Crippen molar-refractivity contribution in [1.82, 2.24) is 0 Å². The maximum atomic E-state index is 12.6. The van der Waals surface area contributed by atoms with Crippen LogP contribution in [0, 0.1) is 6.92 Å². The molecule has 0 radical (unpaired) electrons. The molecule has 0 atom stereocenters. The van der Waals surface area contributed by atoms with Gasteiger partial charge in [-0.3, -0.25) is 4.79 Å². The number of hydrogen-bond acceptors (Lipinski definition) is 4. The number of carbonyl (C=O) groups is 1. The first-order chi connectivity index (χ1) is 11.8. The van der Waals surface area contributed by atoms with Gasteiger partial charge in [0.1, 0.15) is 0 Å². The van der Waals surface area contributed by atoms with Gasteiger partial charge in [0, 0.05) is 17.5 Å². The third-order valence-electron chi connectivity index (χ3n) is 3.75. The van der Waals surface area contributed by atoms with Gasteiger partial charge in [-0.15, -0.1) is 11.3 Å². The minimum atomic E-state index is -3.32. The van der Waals surface area contributed by atoms with Crippen molar-refractivity contribution in [2.24, 2.45) is 0 Å². The molecule has 0 fully saturated rings. The van der Waals surface area contributed by atoms with Crippen LogP contribution in [0.1, 0.15) is 15.2 Å². The molecule has 4 nitrogen and oxygen atoms in total. The zero-order valence-corrected chi connectivity index (χ0v) is 15.4. The van der Waals surface area contributed by atoms with Gasteiger partial charge in [0.2, 0.25) is 0 Å². The van der Waals surface area contributed by atoms with E-state index < -0.39 is 9.84 Å². The molecule has 0 aliphatic carbocycles. The van der Waals surface area contributed by atoms with Gasteiger partial charge in [0.05, 0.1) is 9.77 Å². The van der Waals surface area contributed by atoms with Gasteiger partial charge in [-0.2, -0.15) is 0 Å². The Balaban J connectivity index is 1.88. The third kappa shape index (κ3) is 3.97. The quantitative estimate of drug-likeness (QED) is 0.740. The van der Waals surface area contributed by atoms with Crippen LogP contribution >= 0.6 is 11.3 Å². The van der Waals surface area contributed by atoms with Crippen molar-refractivity contribution in [3.05, 3.63) is 70.4 Å². The van der Waals surface area contributed by atoms with Crippen molar-refractivity contribution in [2.75, 3.05) is 11.6 Å². The standard InChI is InChI=1S/C19H17NO3S2/c1-13-6-8-14(9-7-13)17-10-11-24-18(17)19(21)20-15-4-3-5-16(12-15)25(2,22)23/h3-12H,1-2H3,(H,20,21). The molecular weight excluding hydrogens is 354 g/mol. The molecule has 6 heteroatoms. The molecule has 2 aromatic carbocycles. The molecule has 0 aliphatic rings. The lowest BCUT2D eigenvalue weighted by molar-refractivity contribution is 0.103. The summed E-state index contributed by atoms with van der Waals surface area (Å²) in [7, 11) is -3.32. The number of amides is 1. The average molecular weight is 371 g/mol. The molecule has 1 amide bonds. The van der Waals surface area contributed by atoms with Crippen molar-refractivity contribution < 1.29 is 13.2 Å². The third-order valence-corrected chi connectivity index (χ3v) is 5.78. The number of hydrogen-bond donors (Lipinski definition) is 1. The average Bonchev–Trinajstić information content (AvgIpc) is 3.05. The second-order valence-electron chi connectivity index (χ2n) is 5.78. The van der Waals surface area contributed by atoms with E-state index in [1.165, 1.54) is 23.5 Å². The molecule has 1 heterocycles. The molecule has 0 saturated carbocycles. The van der Waals surface area contributed by atoms with Gasteiger partial charge in [-0.05, 0) is 42.1 Å². The Hall–Kier alpha value is -2.44. The maximum Gasteiger partial charge on any atom is 0.266 e. The summed E-state index contributed by atoms with van der Waals surface area (Å²) in [6, 6.07) is 16.1. The molecule has 128 valence electrons. The number of sulfone groups is 1. The van der Waals surface area contributed by atoms with E-state index >= 15 is 0 Å². The number of benzene rings is 2. The highest BCUT2D eigenvalue weighted by Gasteiger charge is 2.16. The fourth-order valence-corrected chi connectivity index (χ4v) is 3.92. The van der Waals surface area contributed by atoms with Crippen LogP contribution < -0.4 is 5.32 Å². The Morgan fingerprint density at radius 2 is 1.76 bits per heavy atom. The maximum absolute atomic E-state index is 12.6. The summed E-state index contributed by atoms with van der Waals surface area (Å²) < 4.78 is 23.3. The Morgan fingerprint density at radius 3 is 2.44 bits per heavy atom. The number of nitrogens with one attached hydrogen (secondary N) is 1. The lowest BCUT2D eigenvalue weighted by Gasteiger charge is -2.08. The number of thiophene rings is 1. The molecule has 3 aromatic rings. The first-order valence-corrected chi connectivity index (χ1v) is 10.4. The summed E-state index contributed by atoms with van der Waals surface area (Å²) in [5, 5.41) is 4.66. The van der Waals surface area contributed by atoms with E-state index in [0.717, 1.165) is 22.9 Å². The summed E-state index contributed by atoms with van der Waals surface area (Å²) >= 11 is 1.36. The predicted octanol–water partition coefficient (Wildman–Crippen LogP) is 4.38. The molecule has 0 spiro atoms. The monoisotopic (exact) mass is 371 g/mol. The molecule has 25 heavy (non-hydrogen) atoms. The Bertz CT molecular complexity index is 1020. The first-order valence-electron chi connectivity index (χ1n) is 7.60. The van der Waals surface area contributed by atoms with Gasteiger partial charge in [0.25, 0.3) is 5.91 Å². The van der Waals surface area contributed by atoms with E-state index in [4.69, 9.17) is 0 Å². The number of anilines is 1. The highest BCUT2D eigenvalue weighted by atomic mass is 32.2. The van der Waals surface area contributed by atoms with Crippen LogP contribution in [0.3, 0.4) is 0 Å². The Morgan fingerprint density at radius 1 is 1.04 bits per heavy atom. The Labute approximate surface area is 151 Å². The van der Waals surface area contributed by atoms with Crippen LogP contribution in [-0.4, -0.2) is 20.6 Å². The summed E-state index contributed by atoms with van der Waals surface area (Å²) in [5.41, 5.74) is 3.45. The highest BCUT2D eigenvalue weighted by Crippen LogP contribution is 2.29. The molecule has 3 rings (SSSR count). The van der Waals surface area contributed by atoms with E-state index in [0.29, 0.717) is 10.6 Å². The van der Waals surface area contributed by atoms with Crippen molar-refractivity contribution in [1.29, 1.82) is 0 Å². The van der Waals surface area contributed by atoms with Crippen LogP contribution in [0.2, 0.25) is 0 Å². The van der Waals surface area contributed by atoms with E-state index in [1.807, 2.05) is 42.6 Å². The second kappa shape index (κ2) is 6.82.